The third-order valence-electron chi connectivity index (χ3n) is 1.43. The van der Waals surface area contributed by atoms with E-state index in [-0.39, 0.29) is 0 Å². The fraction of sp³-hybridized carbons (Fsp3) is 0.833. The second kappa shape index (κ2) is 2.45. The molecule has 0 aromatic heterocycles. The van der Waals surface area contributed by atoms with Crippen LogP contribution in [0.1, 0.15) is 25.7 Å². The lowest BCUT2D eigenvalue weighted by Crippen LogP contribution is -2.16. The van der Waals surface area contributed by atoms with Gasteiger partial charge >= 0.3 is 0 Å². The van der Waals surface area contributed by atoms with Crippen LogP contribution in [0.3, 0.4) is 0 Å². The van der Waals surface area contributed by atoms with Crippen molar-refractivity contribution in [3.8, 4) is 0 Å². The first kappa shape index (κ1) is 6.70. The molecule has 1 radical (unpaired) electrons. The summed E-state index contributed by atoms with van der Waals surface area (Å²) < 4.78 is -0.408. The van der Waals surface area contributed by atoms with Crippen molar-refractivity contribution in [2.45, 2.75) is 30.0 Å². The van der Waals surface area contributed by atoms with Crippen LogP contribution in [0.15, 0.2) is 0 Å². The van der Waals surface area contributed by atoms with Crippen LogP contribution in [-0.4, -0.2) is 4.33 Å². The van der Waals surface area contributed by atoms with Gasteiger partial charge in [-0.2, -0.15) is 0 Å². The maximum atomic E-state index is 5.82. The quantitative estimate of drug-likeness (QED) is 0.468. The SMILES string of the molecule is ClC1(Cl)CC[CH]CC1. The van der Waals surface area contributed by atoms with Gasteiger partial charge in [-0.1, -0.05) is 0 Å². The van der Waals surface area contributed by atoms with Gasteiger partial charge in [0.25, 0.3) is 0 Å². The highest BCUT2D eigenvalue weighted by atomic mass is 35.5. The van der Waals surface area contributed by atoms with Gasteiger partial charge in [-0.15, -0.1) is 23.2 Å². The molecule has 1 fully saturated rings. The maximum Gasteiger partial charge on any atom is 0.118 e. The zero-order valence-corrected chi connectivity index (χ0v) is 6.17. The van der Waals surface area contributed by atoms with E-state index in [1.54, 1.807) is 0 Å². The third kappa shape index (κ3) is 1.83. The maximum absolute atomic E-state index is 5.82. The Morgan fingerprint density at radius 1 is 1.12 bits per heavy atom. The average Bonchev–Trinajstić information content (AvgIpc) is 1.65. The molecule has 0 heterocycles. The highest BCUT2D eigenvalue weighted by Crippen LogP contribution is 2.36. The van der Waals surface area contributed by atoms with Crippen LogP contribution in [0.2, 0.25) is 0 Å². The van der Waals surface area contributed by atoms with Crippen molar-refractivity contribution >= 4 is 23.2 Å². The molecule has 0 N–H and O–H groups in total. The van der Waals surface area contributed by atoms with E-state index in [0.717, 1.165) is 25.7 Å². The predicted molar refractivity (Wildman–Crippen MR) is 37.2 cm³/mol. The number of hydrogen-bond acceptors (Lipinski definition) is 0. The topological polar surface area (TPSA) is 0 Å². The van der Waals surface area contributed by atoms with Crippen LogP contribution in [0.4, 0.5) is 0 Å². The van der Waals surface area contributed by atoms with Crippen molar-refractivity contribution in [3.63, 3.8) is 0 Å². The summed E-state index contributed by atoms with van der Waals surface area (Å²) in [5.74, 6) is 0. The zero-order valence-electron chi connectivity index (χ0n) is 4.66. The van der Waals surface area contributed by atoms with E-state index < -0.39 is 4.33 Å². The Bertz CT molecular complexity index is 70.6. The van der Waals surface area contributed by atoms with Gasteiger partial charge in [0.1, 0.15) is 4.33 Å². The van der Waals surface area contributed by atoms with Gasteiger partial charge in [0, 0.05) is 0 Å². The number of hydrogen-bond donors (Lipinski definition) is 0. The Hall–Kier alpha value is 0.580. The summed E-state index contributed by atoms with van der Waals surface area (Å²) in [6, 6.07) is 0. The van der Waals surface area contributed by atoms with E-state index in [1.165, 1.54) is 0 Å². The second-order valence-electron chi connectivity index (χ2n) is 2.22. The van der Waals surface area contributed by atoms with Gasteiger partial charge in [-0.05, 0) is 32.1 Å². The molecule has 0 saturated heterocycles. The largest absolute Gasteiger partial charge is 0.118 e. The molecule has 0 bridgehead atoms. The van der Waals surface area contributed by atoms with Crippen LogP contribution in [-0.2, 0) is 0 Å². The molecule has 0 unspecified atom stereocenters. The lowest BCUT2D eigenvalue weighted by molar-refractivity contribution is 0.558. The Morgan fingerprint density at radius 2 is 1.62 bits per heavy atom. The van der Waals surface area contributed by atoms with Crippen LogP contribution < -0.4 is 0 Å². The summed E-state index contributed by atoms with van der Waals surface area (Å²) in [5, 5.41) is 0. The average molecular weight is 152 g/mol. The van der Waals surface area contributed by atoms with E-state index in [0.29, 0.717) is 0 Å². The van der Waals surface area contributed by atoms with Crippen molar-refractivity contribution in [2.75, 3.05) is 0 Å². The highest BCUT2D eigenvalue weighted by Gasteiger charge is 2.25. The summed E-state index contributed by atoms with van der Waals surface area (Å²) in [6.45, 7) is 0. The third-order valence-corrected chi connectivity index (χ3v) is 2.18. The number of alkyl halides is 2. The van der Waals surface area contributed by atoms with E-state index in [2.05, 4.69) is 6.42 Å². The van der Waals surface area contributed by atoms with Crippen LogP contribution in [0, 0.1) is 6.42 Å². The minimum atomic E-state index is -0.408. The summed E-state index contributed by atoms with van der Waals surface area (Å²) in [5.41, 5.74) is 0. The van der Waals surface area contributed by atoms with Crippen molar-refractivity contribution in [1.29, 1.82) is 0 Å². The molecule has 47 valence electrons. The monoisotopic (exact) mass is 151 g/mol. The van der Waals surface area contributed by atoms with Gasteiger partial charge < -0.3 is 0 Å². The minimum Gasteiger partial charge on any atom is -0.102 e. The van der Waals surface area contributed by atoms with E-state index in [1.807, 2.05) is 0 Å². The normalized spacial score (nSPS) is 27.8. The van der Waals surface area contributed by atoms with Crippen molar-refractivity contribution in [3.05, 3.63) is 6.42 Å². The smallest absolute Gasteiger partial charge is 0.102 e. The fourth-order valence-electron chi connectivity index (χ4n) is 0.896. The lowest BCUT2D eigenvalue weighted by Gasteiger charge is -2.23. The molecule has 0 spiro atoms. The van der Waals surface area contributed by atoms with Gasteiger partial charge in [0.2, 0.25) is 0 Å². The molecule has 0 atom stereocenters. The second-order valence-corrected chi connectivity index (χ2v) is 3.86. The molecular formula is C6H9Cl2. The van der Waals surface area contributed by atoms with Gasteiger partial charge in [-0.3, -0.25) is 0 Å². The van der Waals surface area contributed by atoms with Crippen molar-refractivity contribution in [1.82, 2.24) is 0 Å². The first-order chi connectivity index (χ1) is 3.71. The summed E-state index contributed by atoms with van der Waals surface area (Å²) in [4.78, 5) is 0. The van der Waals surface area contributed by atoms with E-state index >= 15 is 0 Å². The van der Waals surface area contributed by atoms with E-state index in [9.17, 15) is 0 Å². The van der Waals surface area contributed by atoms with Crippen molar-refractivity contribution in [2.24, 2.45) is 0 Å². The summed E-state index contributed by atoms with van der Waals surface area (Å²) in [7, 11) is 0. The molecule has 1 rings (SSSR count). The molecule has 0 nitrogen and oxygen atoms in total. The highest BCUT2D eigenvalue weighted by molar-refractivity contribution is 6.48. The molecule has 0 aromatic rings. The molecule has 8 heavy (non-hydrogen) atoms. The fourth-order valence-corrected chi connectivity index (χ4v) is 1.33. The molecule has 0 aliphatic heterocycles. The van der Waals surface area contributed by atoms with Crippen LogP contribution in [0.5, 0.6) is 0 Å². The first-order valence-electron chi connectivity index (χ1n) is 2.90. The molecule has 0 amide bonds. The molecule has 1 aliphatic rings. The Kier molecular flexibility index (Phi) is 2.05. The number of rotatable bonds is 0. The zero-order chi connectivity index (χ0) is 6.04. The lowest BCUT2D eigenvalue weighted by atomic mass is 10.00. The summed E-state index contributed by atoms with van der Waals surface area (Å²) >= 11 is 11.6. The standard InChI is InChI=1S/C6H9Cl2/c7-6(8)4-2-1-3-5-6/h1H,2-5H2. The van der Waals surface area contributed by atoms with E-state index in [4.69, 9.17) is 23.2 Å². The van der Waals surface area contributed by atoms with Crippen LogP contribution >= 0.6 is 23.2 Å². The van der Waals surface area contributed by atoms with Gasteiger partial charge in [0.05, 0.1) is 0 Å². The molecular weight excluding hydrogens is 143 g/mol. The van der Waals surface area contributed by atoms with Gasteiger partial charge in [-0.25, -0.2) is 0 Å². The first-order valence-corrected chi connectivity index (χ1v) is 3.66. The van der Waals surface area contributed by atoms with Crippen molar-refractivity contribution < 1.29 is 0 Å². The van der Waals surface area contributed by atoms with Gasteiger partial charge in [0.15, 0.2) is 0 Å². The van der Waals surface area contributed by atoms with Crippen LogP contribution in [0.25, 0.3) is 0 Å². The Labute approximate surface area is 60.2 Å². The molecule has 1 saturated carbocycles. The molecule has 0 aromatic carbocycles. The number of halogens is 2. The molecule has 2 heteroatoms. The Morgan fingerprint density at radius 3 is 1.88 bits per heavy atom. The molecule has 1 aliphatic carbocycles. The summed E-state index contributed by atoms with van der Waals surface area (Å²) in [6.07, 6.45) is 6.25. The Balaban J connectivity index is 2.33. The minimum absolute atomic E-state index is 0.408. The predicted octanol–water partition coefficient (Wildman–Crippen LogP) is 2.94.